The van der Waals surface area contributed by atoms with Gasteiger partial charge >= 0.3 is 0 Å². The van der Waals surface area contributed by atoms with E-state index in [9.17, 15) is 0 Å². The maximum Gasteiger partial charge on any atom is 0.0210 e. The lowest BCUT2D eigenvalue weighted by molar-refractivity contribution is 0.0290. The van der Waals surface area contributed by atoms with Gasteiger partial charge < -0.3 is 10.2 Å². The third-order valence-corrected chi connectivity index (χ3v) is 5.62. The Balaban J connectivity index is 1.64. The minimum absolute atomic E-state index is 0.699. The summed E-state index contributed by atoms with van der Waals surface area (Å²) < 4.78 is 0. The van der Waals surface area contributed by atoms with E-state index in [1.54, 1.807) is 0 Å². The fourth-order valence-corrected chi connectivity index (χ4v) is 4.26. The predicted octanol–water partition coefficient (Wildman–Crippen LogP) is 3.59. The van der Waals surface area contributed by atoms with Crippen molar-refractivity contribution in [2.45, 2.75) is 58.7 Å². The zero-order valence-corrected chi connectivity index (χ0v) is 13.8. The zero-order valence-electron chi connectivity index (χ0n) is 13.8. The fraction of sp³-hybridized carbons (Fsp3) is 0.684. The lowest BCUT2D eigenvalue weighted by Gasteiger charge is -2.49. The number of aryl methyl sites for hydroxylation is 1. The number of nitrogens with zero attached hydrogens (tertiary/aromatic N) is 1. The van der Waals surface area contributed by atoms with Gasteiger partial charge in [0.25, 0.3) is 0 Å². The molecule has 1 aliphatic carbocycles. The van der Waals surface area contributed by atoms with Crippen LogP contribution in [0.5, 0.6) is 0 Å². The SMILES string of the molecule is Cc1ccccc1CNC1C2CCCC1CN(C(C)C)C2. The van der Waals surface area contributed by atoms with Gasteiger partial charge in [0.05, 0.1) is 0 Å². The van der Waals surface area contributed by atoms with Crippen LogP contribution in [0.15, 0.2) is 24.3 Å². The highest BCUT2D eigenvalue weighted by Gasteiger charge is 2.39. The molecule has 2 bridgehead atoms. The smallest absolute Gasteiger partial charge is 0.0210 e. The number of benzene rings is 1. The molecule has 1 aromatic rings. The lowest BCUT2D eigenvalue weighted by Crippen LogP contribution is -2.58. The van der Waals surface area contributed by atoms with Gasteiger partial charge in [0, 0.05) is 31.7 Å². The molecule has 1 heterocycles. The van der Waals surface area contributed by atoms with Crippen molar-refractivity contribution in [3.05, 3.63) is 35.4 Å². The number of rotatable bonds is 4. The Kier molecular flexibility index (Phi) is 4.66. The Labute approximate surface area is 129 Å². The number of fused-ring (bicyclic) bond motifs is 2. The van der Waals surface area contributed by atoms with Crippen LogP contribution in [0.2, 0.25) is 0 Å². The Hall–Kier alpha value is -0.860. The van der Waals surface area contributed by atoms with Crippen molar-refractivity contribution in [3.8, 4) is 0 Å². The maximum atomic E-state index is 3.91. The highest BCUT2D eigenvalue weighted by atomic mass is 15.2. The molecular weight excluding hydrogens is 256 g/mol. The van der Waals surface area contributed by atoms with Crippen molar-refractivity contribution in [1.82, 2.24) is 10.2 Å². The van der Waals surface area contributed by atoms with Crippen molar-refractivity contribution in [2.24, 2.45) is 11.8 Å². The molecule has 2 heteroatoms. The molecule has 0 spiro atoms. The minimum atomic E-state index is 0.699. The summed E-state index contributed by atoms with van der Waals surface area (Å²) in [6.45, 7) is 10.5. The van der Waals surface area contributed by atoms with Crippen molar-refractivity contribution in [3.63, 3.8) is 0 Å². The first kappa shape index (κ1) is 15.1. The monoisotopic (exact) mass is 286 g/mol. The Morgan fingerprint density at radius 3 is 2.43 bits per heavy atom. The number of piperidine rings is 1. The molecule has 1 N–H and O–H groups in total. The van der Waals surface area contributed by atoms with E-state index in [0.29, 0.717) is 6.04 Å². The second-order valence-electron chi connectivity index (χ2n) is 7.33. The molecule has 2 atom stereocenters. The molecule has 21 heavy (non-hydrogen) atoms. The Morgan fingerprint density at radius 2 is 1.81 bits per heavy atom. The van der Waals surface area contributed by atoms with E-state index < -0.39 is 0 Å². The standard InChI is InChI=1S/C19H30N2/c1-14(2)21-12-17-9-6-10-18(13-21)19(17)20-11-16-8-5-4-7-15(16)3/h4-5,7-8,14,17-20H,6,9-13H2,1-3H3. The van der Waals surface area contributed by atoms with E-state index in [1.165, 1.54) is 43.5 Å². The van der Waals surface area contributed by atoms with Crippen LogP contribution in [-0.2, 0) is 6.54 Å². The van der Waals surface area contributed by atoms with Crippen molar-refractivity contribution in [2.75, 3.05) is 13.1 Å². The zero-order chi connectivity index (χ0) is 14.8. The van der Waals surface area contributed by atoms with Crippen LogP contribution in [0.4, 0.5) is 0 Å². The molecule has 0 amide bonds. The second kappa shape index (κ2) is 6.50. The first-order chi connectivity index (χ1) is 10.1. The maximum absolute atomic E-state index is 3.91. The summed E-state index contributed by atoms with van der Waals surface area (Å²) in [5.74, 6) is 1.70. The molecule has 0 radical (unpaired) electrons. The van der Waals surface area contributed by atoms with Crippen molar-refractivity contribution < 1.29 is 0 Å². The average molecular weight is 286 g/mol. The van der Waals surface area contributed by atoms with Gasteiger partial charge in [-0.25, -0.2) is 0 Å². The molecule has 2 nitrogen and oxygen atoms in total. The molecule has 2 unspecified atom stereocenters. The summed E-state index contributed by atoms with van der Waals surface area (Å²) in [5, 5.41) is 3.91. The molecule has 116 valence electrons. The van der Waals surface area contributed by atoms with Crippen LogP contribution in [-0.4, -0.2) is 30.1 Å². The third-order valence-electron chi connectivity index (χ3n) is 5.62. The fourth-order valence-electron chi connectivity index (χ4n) is 4.26. The van der Waals surface area contributed by atoms with Crippen LogP contribution < -0.4 is 5.32 Å². The Morgan fingerprint density at radius 1 is 1.14 bits per heavy atom. The van der Waals surface area contributed by atoms with Crippen LogP contribution in [0.25, 0.3) is 0 Å². The molecule has 3 rings (SSSR count). The van der Waals surface area contributed by atoms with Crippen molar-refractivity contribution in [1.29, 1.82) is 0 Å². The second-order valence-corrected chi connectivity index (χ2v) is 7.33. The molecule has 1 aromatic carbocycles. The van der Waals surface area contributed by atoms with Gasteiger partial charge in [-0.1, -0.05) is 30.7 Å². The summed E-state index contributed by atoms with van der Waals surface area (Å²) in [5.41, 5.74) is 2.87. The van der Waals surface area contributed by atoms with Gasteiger partial charge in [0.1, 0.15) is 0 Å². The summed E-state index contributed by atoms with van der Waals surface area (Å²) in [6, 6.07) is 10.2. The summed E-state index contributed by atoms with van der Waals surface area (Å²) in [6.07, 6.45) is 4.25. The van der Waals surface area contributed by atoms with Gasteiger partial charge in [-0.2, -0.15) is 0 Å². The van der Waals surface area contributed by atoms with E-state index in [-0.39, 0.29) is 0 Å². The van der Waals surface area contributed by atoms with E-state index in [0.717, 1.165) is 24.4 Å². The van der Waals surface area contributed by atoms with Gasteiger partial charge in [-0.3, -0.25) is 0 Å². The first-order valence-electron chi connectivity index (χ1n) is 8.67. The molecule has 1 saturated heterocycles. The number of likely N-dealkylation sites (tertiary alicyclic amines) is 1. The number of hydrogen-bond donors (Lipinski definition) is 1. The lowest BCUT2D eigenvalue weighted by atomic mass is 9.73. The van der Waals surface area contributed by atoms with E-state index in [1.807, 2.05) is 0 Å². The molecule has 1 saturated carbocycles. The van der Waals surface area contributed by atoms with Crippen LogP contribution in [0.1, 0.15) is 44.2 Å². The van der Waals surface area contributed by atoms with Crippen LogP contribution in [0.3, 0.4) is 0 Å². The van der Waals surface area contributed by atoms with E-state index in [4.69, 9.17) is 0 Å². The van der Waals surface area contributed by atoms with Gasteiger partial charge in [0.2, 0.25) is 0 Å². The highest BCUT2D eigenvalue weighted by Crippen LogP contribution is 2.35. The normalized spacial score (nSPS) is 29.8. The first-order valence-corrected chi connectivity index (χ1v) is 8.67. The van der Waals surface area contributed by atoms with Gasteiger partial charge in [0.15, 0.2) is 0 Å². The van der Waals surface area contributed by atoms with E-state index in [2.05, 4.69) is 55.3 Å². The van der Waals surface area contributed by atoms with Crippen LogP contribution in [0, 0.1) is 18.8 Å². The largest absolute Gasteiger partial charge is 0.309 e. The molecule has 2 aliphatic rings. The number of nitrogens with one attached hydrogen (secondary N) is 1. The van der Waals surface area contributed by atoms with Crippen LogP contribution >= 0.6 is 0 Å². The molecular formula is C19H30N2. The third kappa shape index (κ3) is 3.32. The Bertz CT molecular complexity index is 454. The topological polar surface area (TPSA) is 15.3 Å². The average Bonchev–Trinajstić information content (AvgIpc) is 2.45. The molecule has 1 aliphatic heterocycles. The van der Waals surface area contributed by atoms with Gasteiger partial charge in [-0.05, 0) is 56.6 Å². The van der Waals surface area contributed by atoms with Crippen molar-refractivity contribution >= 4 is 0 Å². The van der Waals surface area contributed by atoms with Gasteiger partial charge in [-0.15, -0.1) is 0 Å². The number of hydrogen-bond acceptors (Lipinski definition) is 2. The summed E-state index contributed by atoms with van der Waals surface area (Å²) >= 11 is 0. The quantitative estimate of drug-likeness (QED) is 0.910. The summed E-state index contributed by atoms with van der Waals surface area (Å²) in [4.78, 5) is 2.69. The molecule has 2 fully saturated rings. The minimum Gasteiger partial charge on any atom is -0.309 e. The van der Waals surface area contributed by atoms with E-state index >= 15 is 0 Å². The highest BCUT2D eigenvalue weighted by molar-refractivity contribution is 5.25. The predicted molar refractivity (Wildman–Crippen MR) is 89.3 cm³/mol. The molecule has 0 aromatic heterocycles. The summed E-state index contributed by atoms with van der Waals surface area (Å²) in [7, 11) is 0.